The SMILES string of the molecule is CC(C)N(CCCOc1ccc(C(C)(C)C)cc1)CC(=O)O. The molecule has 1 N–H and O–H groups in total. The Morgan fingerprint density at radius 1 is 1.23 bits per heavy atom. The number of aliphatic carboxylic acids is 1. The normalized spacial score (nSPS) is 12.0. The van der Waals surface area contributed by atoms with Crippen molar-refractivity contribution in [1.82, 2.24) is 4.90 Å². The average Bonchev–Trinajstić information content (AvgIpc) is 2.41. The van der Waals surface area contributed by atoms with Gasteiger partial charge < -0.3 is 9.84 Å². The molecule has 4 heteroatoms. The van der Waals surface area contributed by atoms with Crippen molar-refractivity contribution in [3.63, 3.8) is 0 Å². The van der Waals surface area contributed by atoms with Crippen LogP contribution < -0.4 is 4.74 Å². The highest BCUT2D eigenvalue weighted by Gasteiger charge is 2.14. The zero-order valence-electron chi connectivity index (χ0n) is 14.4. The van der Waals surface area contributed by atoms with Crippen molar-refractivity contribution in [3.05, 3.63) is 29.8 Å². The van der Waals surface area contributed by atoms with Crippen LogP contribution in [0.25, 0.3) is 0 Å². The molecule has 0 amide bonds. The Balaban J connectivity index is 2.39. The van der Waals surface area contributed by atoms with Crippen LogP contribution in [0.15, 0.2) is 24.3 Å². The number of benzene rings is 1. The van der Waals surface area contributed by atoms with Crippen molar-refractivity contribution in [2.45, 2.75) is 52.5 Å². The highest BCUT2D eigenvalue weighted by molar-refractivity contribution is 5.69. The minimum Gasteiger partial charge on any atom is -0.494 e. The van der Waals surface area contributed by atoms with Crippen LogP contribution >= 0.6 is 0 Å². The molecule has 0 aliphatic heterocycles. The number of hydrogen-bond donors (Lipinski definition) is 1. The Morgan fingerprint density at radius 2 is 1.82 bits per heavy atom. The quantitative estimate of drug-likeness (QED) is 0.746. The number of carbonyl (C=O) groups is 1. The van der Waals surface area contributed by atoms with Crippen molar-refractivity contribution in [3.8, 4) is 5.75 Å². The molecule has 4 nitrogen and oxygen atoms in total. The van der Waals surface area contributed by atoms with E-state index in [0.717, 1.165) is 18.7 Å². The summed E-state index contributed by atoms with van der Waals surface area (Å²) < 4.78 is 5.73. The molecule has 0 spiro atoms. The molecular formula is C18H29NO3. The van der Waals surface area contributed by atoms with Gasteiger partial charge in [0, 0.05) is 12.6 Å². The van der Waals surface area contributed by atoms with Gasteiger partial charge in [0.15, 0.2) is 0 Å². The molecule has 1 rings (SSSR count). The molecule has 1 aromatic rings. The minimum atomic E-state index is -0.785. The van der Waals surface area contributed by atoms with Crippen LogP contribution in [-0.4, -0.2) is 41.7 Å². The summed E-state index contributed by atoms with van der Waals surface area (Å²) in [5.41, 5.74) is 1.43. The molecule has 0 heterocycles. The molecule has 0 aromatic heterocycles. The fourth-order valence-electron chi connectivity index (χ4n) is 2.20. The first-order valence-corrected chi connectivity index (χ1v) is 7.89. The highest BCUT2D eigenvalue weighted by Crippen LogP contribution is 2.24. The maximum Gasteiger partial charge on any atom is 0.317 e. The largest absolute Gasteiger partial charge is 0.494 e. The smallest absolute Gasteiger partial charge is 0.317 e. The van der Waals surface area contributed by atoms with E-state index < -0.39 is 5.97 Å². The summed E-state index contributed by atoms with van der Waals surface area (Å²) in [6, 6.07) is 8.42. The zero-order valence-corrected chi connectivity index (χ0v) is 14.4. The van der Waals surface area contributed by atoms with Gasteiger partial charge in [-0.2, -0.15) is 0 Å². The second-order valence-electron chi connectivity index (χ2n) is 6.93. The number of carboxylic acid groups (broad SMARTS) is 1. The van der Waals surface area contributed by atoms with Gasteiger partial charge in [0.05, 0.1) is 13.2 Å². The van der Waals surface area contributed by atoms with E-state index in [1.165, 1.54) is 5.56 Å². The monoisotopic (exact) mass is 307 g/mol. The Kier molecular flexibility index (Phi) is 6.88. The molecule has 0 saturated carbocycles. The molecule has 0 bridgehead atoms. The zero-order chi connectivity index (χ0) is 16.8. The number of rotatable bonds is 8. The van der Waals surface area contributed by atoms with Gasteiger partial charge >= 0.3 is 5.97 Å². The van der Waals surface area contributed by atoms with Gasteiger partial charge in [-0.3, -0.25) is 9.69 Å². The second kappa shape index (κ2) is 8.18. The number of ether oxygens (including phenoxy) is 1. The fraction of sp³-hybridized carbons (Fsp3) is 0.611. The maximum absolute atomic E-state index is 10.8. The topological polar surface area (TPSA) is 49.8 Å². The summed E-state index contributed by atoms with van der Waals surface area (Å²) in [7, 11) is 0. The third kappa shape index (κ3) is 6.48. The van der Waals surface area contributed by atoms with Crippen molar-refractivity contribution in [1.29, 1.82) is 0 Å². The van der Waals surface area contributed by atoms with Crippen LogP contribution in [0, 0.1) is 0 Å². The third-order valence-electron chi connectivity index (χ3n) is 3.65. The van der Waals surface area contributed by atoms with Crippen LogP contribution in [0.3, 0.4) is 0 Å². The molecule has 0 unspecified atom stereocenters. The Labute approximate surface area is 134 Å². The lowest BCUT2D eigenvalue weighted by molar-refractivity contribution is -0.138. The van der Waals surface area contributed by atoms with E-state index in [2.05, 4.69) is 32.9 Å². The molecule has 0 saturated heterocycles. The molecule has 0 fully saturated rings. The van der Waals surface area contributed by atoms with Gasteiger partial charge in [0.25, 0.3) is 0 Å². The third-order valence-corrected chi connectivity index (χ3v) is 3.65. The molecule has 22 heavy (non-hydrogen) atoms. The van der Waals surface area contributed by atoms with Gasteiger partial charge in [-0.05, 0) is 43.4 Å². The van der Waals surface area contributed by atoms with Crippen LogP contribution in [0.5, 0.6) is 5.75 Å². The van der Waals surface area contributed by atoms with Gasteiger partial charge in [0.2, 0.25) is 0 Å². The predicted molar refractivity (Wildman–Crippen MR) is 89.6 cm³/mol. The van der Waals surface area contributed by atoms with Crippen LogP contribution in [0.2, 0.25) is 0 Å². The lowest BCUT2D eigenvalue weighted by atomic mass is 9.87. The summed E-state index contributed by atoms with van der Waals surface area (Å²) in [5, 5.41) is 8.89. The average molecular weight is 307 g/mol. The lowest BCUT2D eigenvalue weighted by Gasteiger charge is -2.24. The predicted octanol–water partition coefficient (Wildman–Crippen LogP) is 3.55. The van der Waals surface area contributed by atoms with Gasteiger partial charge in [-0.1, -0.05) is 32.9 Å². The van der Waals surface area contributed by atoms with E-state index in [1.54, 1.807) is 0 Å². The fourth-order valence-corrected chi connectivity index (χ4v) is 2.20. The summed E-state index contributed by atoms with van der Waals surface area (Å²) in [4.78, 5) is 12.7. The number of carboxylic acids is 1. The van der Waals surface area contributed by atoms with Crippen LogP contribution in [-0.2, 0) is 10.2 Å². The molecule has 0 aliphatic rings. The van der Waals surface area contributed by atoms with Crippen LogP contribution in [0.1, 0.15) is 46.6 Å². The molecule has 1 aromatic carbocycles. The molecule has 124 valence electrons. The van der Waals surface area contributed by atoms with E-state index >= 15 is 0 Å². The molecule has 0 radical (unpaired) electrons. The van der Waals surface area contributed by atoms with Gasteiger partial charge in [0.1, 0.15) is 5.75 Å². The second-order valence-corrected chi connectivity index (χ2v) is 6.93. The standard InChI is InChI=1S/C18H29NO3/c1-14(2)19(13-17(20)21)11-6-12-22-16-9-7-15(8-10-16)18(3,4)5/h7-10,14H,6,11-13H2,1-5H3,(H,20,21). The van der Waals surface area contributed by atoms with E-state index in [0.29, 0.717) is 6.61 Å². The van der Waals surface area contributed by atoms with Gasteiger partial charge in [-0.25, -0.2) is 0 Å². The summed E-state index contributed by atoms with van der Waals surface area (Å²) in [5.74, 6) is 0.0784. The summed E-state index contributed by atoms with van der Waals surface area (Å²) in [6.45, 7) is 12.0. The molecular weight excluding hydrogens is 278 g/mol. The van der Waals surface area contributed by atoms with E-state index in [-0.39, 0.29) is 18.0 Å². The summed E-state index contributed by atoms with van der Waals surface area (Å²) in [6.07, 6.45) is 0.812. The Hall–Kier alpha value is -1.55. The first kappa shape index (κ1) is 18.5. The van der Waals surface area contributed by atoms with Crippen molar-refractivity contribution in [2.75, 3.05) is 19.7 Å². The van der Waals surface area contributed by atoms with Crippen LogP contribution in [0.4, 0.5) is 0 Å². The highest BCUT2D eigenvalue weighted by atomic mass is 16.5. The molecule has 0 atom stereocenters. The Bertz CT molecular complexity index is 460. The molecule has 0 aliphatic carbocycles. The van der Waals surface area contributed by atoms with E-state index in [1.807, 2.05) is 30.9 Å². The summed E-state index contributed by atoms with van der Waals surface area (Å²) >= 11 is 0. The van der Waals surface area contributed by atoms with Crippen molar-refractivity contribution >= 4 is 5.97 Å². The lowest BCUT2D eigenvalue weighted by Crippen LogP contribution is -2.36. The first-order valence-electron chi connectivity index (χ1n) is 7.89. The van der Waals surface area contributed by atoms with E-state index in [9.17, 15) is 4.79 Å². The minimum absolute atomic E-state index is 0.0813. The van der Waals surface area contributed by atoms with Gasteiger partial charge in [-0.15, -0.1) is 0 Å². The number of nitrogens with zero attached hydrogens (tertiary/aromatic N) is 1. The Morgan fingerprint density at radius 3 is 2.27 bits per heavy atom. The maximum atomic E-state index is 10.8. The number of hydrogen-bond acceptors (Lipinski definition) is 3. The van der Waals surface area contributed by atoms with Crippen molar-refractivity contribution < 1.29 is 14.6 Å². The first-order chi connectivity index (χ1) is 10.2. The van der Waals surface area contributed by atoms with Crippen molar-refractivity contribution in [2.24, 2.45) is 0 Å². The van der Waals surface area contributed by atoms with E-state index in [4.69, 9.17) is 9.84 Å².